The zero-order valence-electron chi connectivity index (χ0n) is 8.11. The second-order valence-corrected chi connectivity index (χ2v) is 3.68. The lowest BCUT2D eigenvalue weighted by Crippen LogP contribution is -2.28. The Hall–Kier alpha value is -0.970. The summed E-state index contributed by atoms with van der Waals surface area (Å²) in [7, 11) is 0. The maximum Gasteiger partial charge on any atom is 0.221 e. The topological polar surface area (TPSA) is 29.1 Å². The number of hydrogen-bond acceptors (Lipinski definition) is 1. The minimum Gasteiger partial charge on any atom is -0.345 e. The molecular formula is C10H17NO. The molecule has 0 spiro atoms. The number of rotatable bonds is 4. The molecule has 0 heterocycles. The van der Waals surface area contributed by atoms with Gasteiger partial charge in [0.25, 0.3) is 0 Å². The van der Waals surface area contributed by atoms with E-state index in [9.17, 15) is 4.79 Å². The van der Waals surface area contributed by atoms with Crippen LogP contribution in [0.2, 0.25) is 0 Å². The van der Waals surface area contributed by atoms with Crippen molar-refractivity contribution in [3.8, 4) is 12.3 Å². The van der Waals surface area contributed by atoms with Gasteiger partial charge in [0.15, 0.2) is 0 Å². The van der Waals surface area contributed by atoms with Gasteiger partial charge in [-0.2, -0.15) is 0 Å². The molecule has 0 atom stereocenters. The lowest BCUT2D eigenvalue weighted by atomic mass is 9.86. The van der Waals surface area contributed by atoms with E-state index in [-0.39, 0.29) is 11.3 Å². The maximum atomic E-state index is 11.2. The van der Waals surface area contributed by atoms with E-state index >= 15 is 0 Å². The predicted molar refractivity (Wildman–Crippen MR) is 50.5 cm³/mol. The van der Waals surface area contributed by atoms with Gasteiger partial charge in [0.05, 0.1) is 6.54 Å². The van der Waals surface area contributed by atoms with Gasteiger partial charge in [0, 0.05) is 6.42 Å². The number of carbonyl (C=O) groups excluding carboxylic acids is 1. The first-order chi connectivity index (χ1) is 5.52. The predicted octanol–water partition coefficient (Wildman–Crippen LogP) is 1.56. The molecule has 0 aliphatic heterocycles. The molecule has 0 rings (SSSR count). The van der Waals surface area contributed by atoms with E-state index in [0.717, 1.165) is 6.42 Å². The summed E-state index contributed by atoms with van der Waals surface area (Å²) in [5, 5.41) is 2.65. The van der Waals surface area contributed by atoms with Crippen molar-refractivity contribution in [3.63, 3.8) is 0 Å². The zero-order chi connectivity index (χ0) is 9.61. The smallest absolute Gasteiger partial charge is 0.221 e. The number of hydrogen-bond donors (Lipinski definition) is 1. The lowest BCUT2D eigenvalue weighted by molar-refractivity contribution is -0.122. The molecule has 0 bridgehead atoms. The molecule has 12 heavy (non-hydrogen) atoms. The van der Waals surface area contributed by atoms with Gasteiger partial charge >= 0.3 is 0 Å². The molecule has 0 aromatic rings. The van der Waals surface area contributed by atoms with Crippen molar-refractivity contribution < 1.29 is 4.79 Å². The van der Waals surface area contributed by atoms with Crippen molar-refractivity contribution in [2.45, 2.75) is 33.6 Å². The summed E-state index contributed by atoms with van der Waals surface area (Å²) in [6, 6.07) is 0. The van der Waals surface area contributed by atoms with E-state index in [4.69, 9.17) is 6.42 Å². The quantitative estimate of drug-likeness (QED) is 0.632. The Morgan fingerprint density at radius 2 is 2.17 bits per heavy atom. The highest BCUT2D eigenvalue weighted by Crippen LogP contribution is 2.23. The van der Waals surface area contributed by atoms with E-state index in [1.165, 1.54) is 0 Å². The molecule has 0 unspecified atom stereocenters. The molecule has 1 amide bonds. The Bertz CT molecular complexity index is 189. The Morgan fingerprint density at radius 3 is 2.58 bits per heavy atom. The lowest BCUT2D eigenvalue weighted by Gasteiger charge is -2.21. The third kappa shape index (κ3) is 4.79. The minimum atomic E-state index is 0.0415. The monoisotopic (exact) mass is 167 g/mol. The van der Waals surface area contributed by atoms with Crippen molar-refractivity contribution in [2.75, 3.05) is 6.54 Å². The first-order valence-electron chi connectivity index (χ1n) is 4.22. The van der Waals surface area contributed by atoms with Crippen LogP contribution in [-0.4, -0.2) is 12.5 Å². The van der Waals surface area contributed by atoms with Gasteiger partial charge in [-0.3, -0.25) is 4.79 Å². The molecule has 0 aromatic carbocycles. The molecular weight excluding hydrogens is 150 g/mol. The molecule has 0 aliphatic rings. The van der Waals surface area contributed by atoms with E-state index in [1.807, 2.05) is 0 Å². The maximum absolute atomic E-state index is 11.2. The van der Waals surface area contributed by atoms with Crippen LogP contribution in [0.3, 0.4) is 0 Å². The normalized spacial score (nSPS) is 10.5. The Kier molecular flexibility index (Phi) is 4.43. The van der Waals surface area contributed by atoms with Crippen molar-refractivity contribution >= 4 is 5.91 Å². The largest absolute Gasteiger partial charge is 0.345 e. The van der Waals surface area contributed by atoms with Crippen LogP contribution in [0.4, 0.5) is 0 Å². The first kappa shape index (κ1) is 11.0. The molecule has 1 N–H and O–H groups in total. The van der Waals surface area contributed by atoms with Crippen LogP contribution >= 0.6 is 0 Å². The minimum absolute atomic E-state index is 0.0415. The van der Waals surface area contributed by atoms with Gasteiger partial charge in [-0.25, -0.2) is 0 Å². The van der Waals surface area contributed by atoms with Crippen molar-refractivity contribution in [2.24, 2.45) is 5.41 Å². The van der Waals surface area contributed by atoms with Gasteiger partial charge in [-0.1, -0.05) is 33.1 Å². The van der Waals surface area contributed by atoms with Crippen LogP contribution in [0.1, 0.15) is 33.6 Å². The Labute approximate surface area is 74.7 Å². The molecule has 0 radical (unpaired) electrons. The fourth-order valence-electron chi connectivity index (χ4n) is 0.772. The summed E-state index contributed by atoms with van der Waals surface area (Å²) in [6.07, 6.45) is 6.55. The van der Waals surface area contributed by atoms with Crippen LogP contribution in [-0.2, 0) is 4.79 Å². The Morgan fingerprint density at radius 1 is 1.58 bits per heavy atom. The molecule has 0 saturated heterocycles. The van der Waals surface area contributed by atoms with E-state index < -0.39 is 0 Å². The summed E-state index contributed by atoms with van der Waals surface area (Å²) >= 11 is 0. The van der Waals surface area contributed by atoms with Gasteiger partial charge in [-0.05, 0) is 5.41 Å². The van der Waals surface area contributed by atoms with Crippen LogP contribution < -0.4 is 5.32 Å². The molecule has 0 aliphatic carbocycles. The standard InChI is InChI=1S/C10H17NO/c1-5-7-11-9(12)8-10(3,4)6-2/h1H,6-8H2,2-4H3,(H,11,12). The summed E-state index contributed by atoms with van der Waals surface area (Å²) in [4.78, 5) is 11.2. The second-order valence-electron chi connectivity index (χ2n) is 3.68. The zero-order valence-corrected chi connectivity index (χ0v) is 8.11. The number of carbonyl (C=O) groups is 1. The SMILES string of the molecule is C#CCNC(=O)CC(C)(C)CC. The van der Waals surface area contributed by atoms with Gasteiger partial charge in [0.1, 0.15) is 0 Å². The average molecular weight is 167 g/mol. The molecule has 0 aromatic heterocycles. The first-order valence-corrected chi connectivity index (χ1v) is 4.22. The van der Waals surface area contributed by atoms with Crippen LogP contribution in [0.25, 0.3) is 0 Å². The number of nitrogens with one attached hydrogen (secondary N) is 1. The van der Waals surface area contributed by atoms with E-state index in [2.05, 4.69) is 32.0 Å². The fraction of sp³-hybridized carbons (Fsp3) is 0.700. The highest BCUT2D eigenvalue weighted by molar-refractivity contribution is 5.76. The van der Waals surface area contributed by atoms with Crippen LogP contribution in [0.5, 0.6) is 0 Å². The summed E-state index contributed by atoms with van der Waals surface area (Å²) in [5.74, 6) is 2.41. The van der Waals surface area contributed by atoms with Crippen molar-refractivity contribution in [3.05, 3.63) is 0 Å². The molecule has 2 nitrogen and oxygen atoms in total. The number of amides is 1. The number of terminal acetylenes is 1. The third-order valence-electron chi connectivity index (χ3n) is 1.98. The van der Waals surface area contributed by atoms with E-state index in [1.54, 1.807) is 0 Å². The van der Waals surface area contributed by atoms with Gasteiger partial charge in [-0.15, -0.1) is 6.42 Å². The molecule has 2 heteroatoms. The summed E-state index contributed by atoms with van der Waals surface area (Å²) in [6.45, 7) is 6.55. The highest BCUT2D eigenvalue weighted by Gasteiger charge is 2.18. The molecule has 0 fully saturated rings. The van der Waals surface area contributed by atoms with Crippen LogP contribution in [0.15, 0.2) is 0 Å². The van der Waals surface area contributed by atoms with Gasteiger partial charge in [0.2, 0.25) is 5.91 Å². The highest BCUT2D eigenvalue weighted by atomic mass is 16.1. The van der Waals surface area contributed by atoms with Crippen molar-refractivity contribution in [1.82, 2.24) is 5.32 Å². The summed E-state index contributed by atoms with van der Waals surface area (Å²) in [5.41, 5.74) is 0.0820. The second kappa shape index (κ2) is 4.82. The van der Waals surface area contributed by atoms with Gasteiger partial charge < -0.3 is 5.32 Å². The summed E-state index contributed by atoms with van der Waals surface area (Å²) < 4.78 is 0. The van der Waals surface area contributed by atoms with E-state index in [0.29, 0.717) is 13.0 Å². The third-order valence-corrected chi connectivity index (χ3v) is 1.98. The fourth-order valence-corrected chi connectivity index (χ4v) is 0.772. The van der Waals surface area contributed by atoms with Crippen LogP contribution in [0, 0.1) is 17.8 Å². The Balaban J connectivity index is 3.78. The van der Waals surface area contributed by atoms with Crippen molar-refractivity contribution in [1.29, 1.82) is 0 Å². The molecule has 68 valence electrons. The average Bonchev–Trinajstić information content (AvgIpc) is 2.00. The molecule has 0 saturated carbocycles.